The third-order valence-corrected chi connectivity index (χ3v) is 19.3. The minimum atomic E-state index is -0.662. The summed E-state index contributed by atoms with van der Waals surface area (Å²) in [4.78, 5) is 109. The number of rotatable bonds is 25. The number of ether oxygens (including phenoxy) is 7. The summed E-state index contributed by atoms with van der Waals surface area (Å²) in [6, 6.07) is 65.5. The summed E-state index contributed by atoms with van der Waals surface area (Å²) in [5.74, 6) is -2.92. The zero-order valence-corrected chi connectivity index (χ0v) is 66.2. The van der Waals surface area contributed by atoms with Gasteiger partial charge in [-0.2, -0.15) is 0 Å². The summed E-state index contributed by atoms with van der Waals surface area (Å²) in [5.41, 5.74) is 11.7. The van der Waals surface area contributed by atoms with Gasteiger partial charge in [0.25, 0.3) is 35.4 Å². The zero-order chi connectivity index (χ0) is 81.3. The zero-order valence-electron chi connectivity index (χ0n) is 66.2. The molecule has 9 N–H and O–H groups in total. The van der Waals surface area contributed by atoms with Crippen molar-refractivity contribution in [2.45, 2.75) is 91.3 Å². The molecule has 116 heavy (non-hydrogen) atoms. The second-order valence-corrected chi connectivity index (χ2v) is 29.3. The number of carbonyl (C=O) groups excluding carboxylic acids is 7. The van der Waals surface area contributed by atoms with Crippen molar-refractivity contribution in [2.75, 3.05) is 105 Å². The van der Waals surface area contributed by atoms with Gasteiger partial charge in [0.2, 0.25) is 0 Å². The summed E-state index contributed by atoms with van der Waals surface area (Å²) in [5, 5.41) is 21.6. The van der Waals surface area contributed by atoms with Crippen molar-refractivity contribution < 1.29 is 66.7 Å². The monoisotopic (exact) mass is 1580 g/mol. The van der Waals surface area contributed by atoms with Gasteiger partial charge in [-0.1, -0.05) is 188 Å². The Morgan fingerprint density at radius 1 is 0.345 bits per heavy atom. The van der Waals surface area contributed by atoms with Crippen LogP contribution in [0.1, 0.15) is 136 Å². The lowest BCUT2D eigenvalue weighted by molar-refractivity contribution is 0.0525. The van der Waals surface area contributed by atoms with Crippen LogP contribution in [0.2, 0.25) is 0 Å². The molecular formula is C91H105N11O14. The Labute approximate surface area is 678 Å². The van der Waals surface area contributed by atoms with Crippen LogP contribution >= 0.6 is 0 Å². The van der Waals surface area contributed by atoms with E-state index in [-0.39, 0.29) is 186 Å². The summed E-state index contributed by atoms with van der Waals surface area (Å²) in [6.45, 7) is 8.54. The molecule has 0 saturated heterocycles. The average molecular weight is 1580 g/mol. The van der Waals surface area contributed by atoms with Crippen LogP contribution in [0.3, 0.4) is 0 Å². The molecule has 3 heterocycles. The van der Waals surface area contributed by atoms with Crippen LogP contribution in [0.25, 0.3) is 0 Å². The highest BCUT2D eigenvalue weighted by Crippen LogP contribution is 2.40. The number of hydrogen-bond acceptors (Lipinski definition) is 18. The van der Waals surface area contributed by atoms with E-state index < -0.39 is 47.1 Å². The number of nitrogens with zero attached hydrogens (tertiary/aromatic N) is 3. The molecule has 0 fully saturated rings. The predicted octanol–water partition coefficient (Wildman–Crippen LogP) is 10.9. The Morgan fingerprint density at radius 3 is 0.836 bits per heavy atom. The second kappa shape index (κ2) is 43.8. The second-order valence-electron chi connectivity index (χ2n) is 29.3. The highest BCUT2D eigenvalue weighted by molar-refractivity contribution is 6.05. The summed E-state index contributed by atoms with van der Waals surface area (Å²) in [7, 11) is 0. The first kappa shape index (κ1) is 84.6. The number of carbonyl (C=O) groups is 7. The van der Waals surface area contributed by atoms with Crippen LogP contribution in [0.5, 0.6) is 34.5 Å². The third kappa shape index (κ3) is 26.1. The fraction of sp³-hybridized carbons (Fsp3) is 0.330. The van der Waals surface area contributed by atoms with E-state index >= 15 is 28.8 Å². The van der Waals surface area contributed by atoms with Crippen LogP contribution in [0, 0.1) is 0 Å². The van der Waals surface area contributed by atoms with Gasteiger partial charge in [-0.05, 0) is 103 Å². The van der Waals surface area contributed by atoms with E-state index in [4.69, 9.17) is 38.9 Å². The lowest BCUT2D eigenvalue weighted by Crippen LogP contribution is -2.47. The molecule has 0 aromatic heterocycles. The molecule has 3 aliphatic heterocycles. The largest absolute Gasteiger partial charge is 0.484 e. The highest BCUT2D eigenvalue weighted by atomic mass is 16.6. The molecule has 12 rings (SSSR count). The van der Waals surface area contributed by atoms with Crippen molar-refractivity contribution >= 4 is 41.5 Å². The Hall–Kier alpha value is -12.3. The van der Waals surface area contributed by atoms with Gasteiger partial charge in [0.05, 0.1) is 33.4 Å². The lowest BCUT2D eigenvalue weighted by Gasteiger charge is -2.30. The molecule has 0 spiro atoms. The average Bonchev–Trinajstić information content (AvgIpc) is 0.804. The van der Waals surface area contributed by atoms with E-state index in [0.29, 0.717) is 52.0 Å². The van der Waals surface area contributed by atoms with Gasteiger partial charge < -0.3 is 76.1 Å². The Morgan fingerprint density at radius 2 is 0.586 bits per heavy atom. The maximum Gasteiger partial charge on any atom is 0.407 e. The number of hydrogen-bond donors (Lipinski definition) is 8. The van der Waals surface area contributed by atoms with Crippen molar-refractivity contribution in [2.24, 2.45) is 5.73 Å². The Kier molecular flexibility index (Phi) is 32.0. The van der Waals surface area contributed by atoms with Crippen LogP contribution in [0.15, 0.2) is 218 Å². The summed E-state index contributed by atoms with van der Waals surface area (Å²) in [6.07, 6.45) is 1.37. The smallest absolute Gasteiger partial charge is 0.407 e. The maximum absolute atomic E-state index is 15.1. The first-order valence-electron chi connectivity index (χ1n) is 39.6. The number of benzene rings is 9. The molecule has 25 heteroatoms. The minimum absolute atomic E-state index is 0.00393. The van der Waals surface area contributed by atoms with Crippen molar-refractivity contribution in [3.05, 3.63) is 285 Å². The van der Waals surface area contributed by atoms with E-state index in [0.717, 1.165) is 33.4 Å². The Balaban J connectivity index is 1.00. The lowest BCUT2D eigenvalue weighted by atomic mass is 10.1. The van der Waals surface area contributed by atoms with Crippen LogP contribution < -0.4 is 71.4 Å². The maximum atomic E-state index is 15.1. The van der Waals surface area contributed by atoms with Crippen LogP contribution in [-0.4, -0.2) is 173 Å². The van der Waals surface area contributed by atoms with Crippen molar-refractivity contribution in [3.63, 3.8) is 0 Å². The molecule has 0 radical (unpaired) electrons. The van der Waals surface area contributed by atoms with Gasteiger partial charge in [0, 0.05) is 111 Å². The van der Waals surface area contributed by atoms with Crippen molar-refractivity contribution in [1.82, 2.24) is 51.9 Å². The number of fused-ring (bicyclic) bond motifs is 21. The van der Waals surface area contributed by atoms with Crippen LogP contribution in [-0.2, 0) is 44.4 Å². The number of nitrogens with one attached hydrogen (secondary N) is 7. The SMILES string of the molecule is CC(C)(C)OC(=O)NCCCCC(N)CN1CCNC(=O)c2ccc(c(OCc3ccccc3)c2OCc2ccccc2)C(=O)NCCN2CCNC(=O)c3ccc(c(OCc4ccccc4)c3OCc3ccccc3)C(=O)NCCN(CCNC(=O)c3ccc(c(OCc4ccccc4)c3OCc3ccccc3)C(=O)NCC2)CC1. The van der Waals surface area contributed by atoms with E-state index in [9.17, 15) is 4.79 Å². The molecule has 25 nitrogen and oxygen atoms in total. The Bertz CT molecular complexity index is 4500. The fourth-order valence-corrected chi connectivity index (χ4v) is 13.2. The first-order chi connectivity index (χ1) is 56.5. The number of unbranched alkanes of at least 4 members (excludes halogenated alkanes) is 1. The third-order valence-electron chi connectivity index (χ3n) is 19.3. The minimum Gasteiger partial charge on any atom is -0.484 e. The molecule has 9 aromatic carbocycles. The van der Waals surface area contributed by atoms with Gasteiger partial charge >= 0.3 is 6.09 Å². The van der Waals surface area contributed by atoms with E-state index in [1.165, 1.54) is 0 Å². The van der Waals surface area contributed by atoms with E-state index in [2.05, 4.69) is 47.0 Å². The quantitative estimate of drug-likeness (QED) is 0.0247. The van der Waals surface area contributed by atoms with Crippen LogP contribution in [0.4, 0.5) is 4.79 Å². The fourth-order valence-electron chi connectivity index (χ4n) is 13.2. The van der Waals surface area contributed by atoms with Crippen molar-refractivity contribution in [1.29, 1.82) is 0 Å². The van der Waals surface area contributed by atoms with Gasteiger partial charge in [-0.15, -0.1) is 0 Å². The van der Waals surface area contributed by atoms with Gasteiger partial charge in [0.15, 0.2) is 34.5 Å². The first-order valence-corrected chi connectivity index (χ1v) is 39.6. The van der Waals surface area contributed by atoms with Gasteiger partial charge in [-0.25, -0.2) is 4.79 Å². The molecule has 1 atom stereocenters. The molecule has 0 saturated carbocycles. The molecular weight excluding hydrogens is 1470 g/mol. The predicted molar refractivity (Wildman–Crippen MR) is 443 cm³/mol. The molecule has 0 aliphatic carbocycles. The van der Waals surface area contributed by atoms with Gasteiger partial charge in [-0.3, -0.25) is 43.5 Å². The normalized spacial score (nSPS) is 16.1. The molecule has 3 aliphatic rings. The molecule has 1 unspecified atom stereocenters. The molecule has 608 valence electrons. The summed E-state index contributed by atoms with van der Waals surface area (Å²) < 4.78 is 45.5. The molecule has 9 aromatic rings. The number of amides is 7. The van der Waals surface area contributed by atoms with E-state index in [1.807, 2.05) is 187 Å². The van der Waals surface area contributed by atoms with Crippen molar-refractivity contribution in [3.8, 4) is 34.5 Å². The highest BCUT2D eigenvalue weighted by Gasteiger charge is 2.31. The van der Waals surface area contributed by atoms with Gasteiger partial charge in [0.1, 0.15) is 45.2 Å². The number of alkyl carbamates (subject to hydrolysis) is 1. The standard InChI is InChI=1S/C91H105N11O14/c1-91(2,3)116-90(109)99-43-23-22-36-71(92)58-102-55-49-98-89(108)77-42-41-74(80(112-61-67-28-14-6-15-29-67)83(77)115-64-70-34-20-9-21-35-70)86(105)95-46-52-100-50-44-93-84(103)72-37-39-75(81(113-62-68-30-16-7-17-31-68)78(72)110-59-65-24-10-4-11-25-65)87(106)96-47-53-101(56-57-102)54-48-97-88(107)76-40-38-73(85(104)94-45-51-100)79(111-60-66-26-12-5-13-27-66)82(76)114-63-69-32-18-8-19-33-69/h4-21,24-35,37-42,71H,22-23,36,43-64,92H2,1-3H3,(H,93,103)(H,94,104)(H,95,105)(H,96,106)(H,97,107)(H,98,108)(H,99,109). The molecule has 8 bridgehead atoms. The summed E-state index contributed by atoms with van der Waals surface area (Å²) >= 11 is 0. The van der Waals surface area contributed by atoms with E-state index in [1.54, 1.807) is 57.2 Å². The topological polar surface area (TPSA) is 304 Å². The number of nitrogens with two attached hydrogens (primary N) is 1. The molecule has 7 amide bonds.